The Morgan fingerprint density at radius 2 is 1.80 bits per heavy atom. The van der Waals surface area contributed by atoms with Crippen LogP contribution in [0.15, 0.2) is 0 Å². The van der Waals surface area contributed by atoms with Crippen LogP contribution in [0.3, 0.4) is 0 Å². The quantitative estimate of drug-likeness (QED) is 0.609. The summed E-state index contributed by atoms with van der Waals surface area (Å²) >= 11 is 0. The van der Waals surface area contributed by atoms with Crippen LogP contribution in [0.25, 0.3) is 0 Å². The molecule has 4 nitrogen and oxygen atoms in total. The summed E-state index contributed by atoms with van der Waals surface area (Å²) in [7, 11) is 0. The fourth-order valence-corrected chi connectivity index (χ4v) is 1.72. The highest BCUT2D eigenvalue weighted by Gasteiger charge is 2.28. The number of hydrogen-bond donors (Lipinski definition) is 2. The highest BCUT2D eigenvalue weighted by Crippen LogP contribution is 2.23. The molecular formula is C11H23NO3. The van der Waals surface area contributed by atoms with Crippen LogP contribution in [0.4, 0.5) is 0 Å². The normalized spacial score (nSPS) is 11.5. The Labute approximate surface area is 92.0 Å². The summed E-state index contributed by atoms with van der Waals surface area (Å²) in [5.74, 6) is -0.249. The highest BCUT2D eigenvalue weighted by molar-refractivity contribution is 5.75. The lowest BCUT2D eigenvalue weighted by molar-refractivity contribution is -0.138. The summed E-state index contributed by atoms with van der Waals surface area (Å²) in [6.07, 6.45) is 3.17. The molecule has 0 bridgehead atoms. The predicted molar refractivity (Wildman–Crippen MR) is 59.2 cm³/mol. The molecule has 0 radical (unpaired) electrons. The minimum Gasteiger partial charge on any atom is -0.389 e. The number of hydroxylamine groups is 1. The first-order chi connectivity index (χ1) is 7.08. The molecule has 0 aromatic carbocycles. The molecule has 90 valence electrons. The maximum Gasteiger partial charge on any atom is 0.246 e. The number of rotatable bonds is 8. The number of carbonyl (C=O) groups is 1. The zero-order valence-corrected chi connectivity index (χ0v) is 10.0. The van der Waals surface area contributed by atoms with Crippen LogP contribution in [0, 0.1) is 0 Å². The van der Waals surface area contributed by atoms with Crippen LogP contribution < -0.4 is 5.48 Å². The van der Waals surface area contributed by atoms with Crippen LogP contribution in [0.5, 0.6) is 0 Å². The summed E-state index contributed by atoms with van der Waals surface area (Å²) in [5, 5.41) is 10.2. The van der Waals surface area contributed by atoms with Crippen LogP contribution in [0.2, 0.25) is 0 Å². The smallest absolute Gasteiger partial charge is 0.246 e. The van der Waals surface area contributed by atoms with Gasteiger partial charge in [-0.15, -0.1) is 0 Å². The average Bonchev–Trinajstić information content (AvgIpc) is 2.15. The van der Waals surface area contributed by atoms with Gasteiger partial charge in [0.05, 0.1) is 18.6 Å². The number of aliphatic hydroxyl groups is 1. The topological polar surface area (TPSA) is 58.6 Å². The van der Waals surface area contributed by atoms with Gasteiger partial charge in [0.15, 0.2) is 0 Å². The molecule has 0 heterocycles. The molecule has 0 fully saturated rings. The van der Waals surface area contributed by atoms with E-state index in [1.807, 2.05) is 13.8 Å². The fraction of sp³-hybridized carbons (Fsp3) is 0.909. The molecule has 0 aliphatic carbocycles. The van der Waals surface area contributed by atoms with Gasteiger partial charge in [-0.05, 0) is 19.8 Å². The Hall–Kier alpha value is -0.610. The van der Waals surface area contributed by atoms with Crippen molar-refractivity contribution in [2.24, 2.45) is 0 Å². The highest BCUT2D eigenvalue weighted by atomic mass is 16.6. The molecule has 2 N–H and O–H groups in total. The van der Waals surface area contributed by atoms with Gasteiger partial charge in [-0.3, -0.25) is 9.63 Å². The van der Waals surface area contributed by atoms with Crippen molar-refractivity contribution in [2.75, 3.05) is 6.61 Å². The van der Waals surface area contributed by atoms with E-state index >= 15 is 0 Å². The van der Waals surface area contributed by atoms with Gasteiger partial charge in [0.25, 0.3) is 0 Å². The summed E-state index contributed by atoms with van der Waals surface area (Å²) < 4.78 is 0. The van der Waals surface area contributed by atoms with Gasteiger partial charge in [-0.1, -0.05) is 26.7 Å². The van der Waals surface area contributed by atoms with E-state index < -0.39 is 5.60 Å². The van der Waals surface area contributed by atoms with E-state index in [4.69, 9.17) is 4.84 Å². The van der Waals surface area contributed by atoms with Gasteiger partial charge in [0, 0.05) is 0 Å². The van der Waals surface area contributed by atoms with Gasteiger partial charge in [-0.25, -0.2) is 5.48 Å². The third kappa shape index (κ3) is 6.47. The summed E-state index contributed by atoms with van der Waals surface area (Å²) in [5.41, 5.74) is 1.44. The molecule has 0 spiro atoms. The van der Waals surface area contributed by atoms with E-state index in [0.717, 1.165) is 12.8 Å². The SMILES string of the molecule is CCCC(O)(CCC)CC(=O)NOCC. The molecular weight excluding hydrogens is 194 g/mol. The second-order valence-corrected chi connectivity index (χ2v) is 3.86. The van der Waals surface area contributed by atoms with Crippen molar-refractivity contribution in [1.82, 2.24) is 5.48 Å². The summed E-state index contributed by atoms with van der Waals surface area (Å²) in [4.78, 5) is 16.2. The fourth-order valence-electron chi connectivity index (χ4n) is 1.72. The third-order valence-corrected chi connectivity index (χ3v) is 2.25. The first-order valence-corrected chi connectivity index (χ1v) is 5.71. The molecule has 4 heteroatoms. The van der Waals surface area contributed by atoms with Crippen molar-refractivity contribution in [3.8, 4) is 0 Å². The largest absolute Gasteiger partial charge is 0.389 e. The number of amides is 1. The lowest BCUT2D eigenvalue weighted by atomic mass is 9.89. The van der Waals surface area contributed by atoms with Gasteiger partial charge in [0.1, 0.15) is 0 Å². The molecule has 1 amide bonds. The molecule has 0 saturated carbocycles. The van der Waals surface area contributed by atoms with E-state index in [9.17, 15) is 9.90 Å². The lowest BCUT2D eigenvalue weighted by Crippen LogP contribution is -2.36. The van der Waals surface area contributed by atoms with Gasteiger partial charge in [-0.2, -0.15) is 0 Å². The third-order valence-electron chi connectivity index (χ3n) is 2.25. The molecule has 0 aromatic rings. The molecule has 0 aromatic heterocycles. The number of carbonyl (C=O) groups excluding carboxylic acids is 1. The van der Waals surface area contributed by atoms with E-state index in [1.165, 1.54) is 0 Å². The van der Waals surface area contributed by atoms with Crippen molar-refractivity contribution < 1.29 is 14.7 Å². The Kier molecular flexibility index (Phi) is 7.34. The first kappa shape index (κ1) is 14.4. The summed E-state index contributed by atoms with van der Waals surface area (Å²) in [6.45, 7) is 6.23. The molecule has 0 saturated heterocycles. The number of nitrogens with one attached hydrogen (secondary N) is 1. The lowest BCUT2D eigenvalue weighted by Gasteiger charge is -2.26. The molecule has 0 aliphatic rings. The summed E-state index contributed by atoms with van der Waals surface area (Å²) in [6, 6.07) is 0. The molecule has 0 aliphatic heterocycles. The molecule has 0 atom stereocenters. The Bertz CT molecular complexity index is 177. The van der Waals surface area contributed by atoms with Gasteiger partial charge >= 0.3 is 0 Å². The second-order valence-electron chi connectivity index (χ2n) is 3.86. The van der Waals surface area contributed by atoms with E-state index in [-0.39, 0.29) is 12.3 Å². The maximum atomic E-state index is 11.4. The molecule has 15 heavy (non-hydrogen) atoms. The minimum atomic E-state index is -0.870. The van der Waals surface area contributed by atoms with Gasteiger partial charge in [0.2, 0.25) is 5.91 Å². The first-order valence-electron chi connectivity index (χ1n) is 5.71. The molecule has 0 unspecified atom stereocenters. The molecule has 0 rings (SSSR count). The Morgan fingerprint density at radius 1 is 1.27 bits per heavy atom. The zero-order valence-electron chi connectivity index (χ0n) is 10.0. The van der Waals surface area contributed by atoms with Crippen molar-refractivity contribution in [2.45, 2.75) is 58.5 Å². The predicted octanol–water partition coefficient (Wildman–Crippen LogP) is 1.78. The van der Waals surface area contributed by atoms with Crippen LogP contribution in [-0.2, 0) is 9.63 Å². The van der Waals surface area contributed by atoms with Gasteiger partial charge < -0.3 is 5.11 Å². The monoisotopic (exact) mass is 217 g/mol. The van der Waals surface area contributed by atoms with Crippen LogP contribution in [0.1, 0.15) is 52.9 Å². The van der Waals surface area contributed by atoms with Crippen LogP contribution >= 0.6 is 0 Å². The van der Waals surface area contributed by atoms with Crippen molar-refractivity contribution in [3.05, 3.63) is 0 Å². The Morgan fingerprint density at radius 3 is 2.20 bits per heavy atom. The zero-order chi connectivity index (χ0) is 11.7. The van der Waals surface area contributed by atoms with E-state index in [2.05, 4.69) is 5.48 Å². The second kappa shape index (κ2) is 7.65. The Balaban J connectivity index is 4.08. The standard InChI is InChI=1S/C11H23NO3/c1-4-7-11(14,8-5-2)9-10(13)12-15-6-3/h14H,4-9H2,1-3H3,(H,12,13). The maximum absolute atomic E-state index is 11.4. The van der Waals surface area contributed by atoms with Crippen molar-refractivity contribution in [3.63, 3.8) is 0 Å². The van der Waals surface area contributed by atoms with Crippen molar-refractivity contribution in [1.29, 1.82) is 0 Å². The van der Waals surface area contributed by atoms with Crippen molar-refractivity contribution >= 4 is 5.91 Å². The minimum absolute atomic E-state index is 0.120. The van der Waals surface area contributed by atoms with E-state index in [0.29, 0.717) is 19.4 Å². The van der Waals surface area contributed by atoms with Crippen LogP contribution in [-0.4, -0.2) is 23.2 Å². The van der Waals surface area contributed by atoms with E-state index in [1.54, 1.807) is 6.92 Å². The average molecular weight is 217 g/mol. The number of hydrogen-bond acceptors (Lipinski definition) is 3.